The molecule has 25 heavy (non-hydrogen) atoms. The highest BCUT2D eigenvalue weighted by molar-refractivity contribution is 6.04. The summed E-state index contributed by atoms with van der Waals surface area (Å²) < 4.78 is 13.4. The van der Waals surface area contributed by atoms with E-state index >= 15 is 0 Å². The molecule has 4 atom stereocenters. The number of urea groups is 1. The lowest BCUT2D eigenvalue weighted by Crippen LogP contribution is -2.48. The van der Waals surface area contributed by atoms with Gasteiger partial charge in [-0.15, -0.1) is 0 Å². The molecule has 4 amide bonds. The van der Waals surface area contributed by atoms with E-state index in [1.807, 2.05) is 6.07 Å². The molecule has 1 aromatic rings. The van der Waals surface area contributed by atoms with Crippen LogP contribution in [0.4, 0.5) is 9.18 Å². The first-order valence-electron chi connectivity index (χ1n) is 8.68. The number of imide groups is 1. The van der Waals surface area contributed by atoms with Crippen molar-refractivity contribution in [3.05, 3.63) is 35.6 Å². The number of carbonyl (C=O) groups excluding carboxylic acids is 3. The lowest BCUT2D eigenvalue weighted by atomic mass is 9.90. The van der Waals surface area contributed by atoms with Gasteiger partial charge in [-0.1, -0.05) is 12.1 Å². The molecule has 4 rings (SSSR count). The smallest absolute Gasteiger partial charge is 0.322 e. The van der Waals surface area contributed by atoms with E-state index in [0.29, 0.717) is 13.1 Å². The van der Waals surface area contributed by atoms with Crippen molar-refractivity contribution in [3.8, 4) is 0 Å². The van der Waals surface area contributed by atoms with Crippen molar-refractivity contribution in [2.45, 2.75) is 31.2 Å². The molecular formula is C18H20FN3O3. The number of carbonyl (C=O) groups is 3. The van der Waals surface area contributed by atoms with Crippen molar-refractivity contribution in [1.82, 2.24) is 15.5 Å². The van der Waals surface area contributed by atoms with Crippen LogP contribution < -0.4 is 10.6 Å². The average Bonchev–Trinajstić information content (AvgIpc) is 3.33. The van der Waals surface area contributed by atoms with Crippen LogP contribution in [0.3, 0.4) is 0 Å². The summed E-state index contributed by atoms with van der Waals surface area (Å²) in [5.74, 6) is -0.602. The zero-order valence-electron chi connectivity index (χ0n) is 13.7. The molecule has 2 heterocycles. The SMILES string of the molecule is O=C1NC(=O)[C@H]([C@@H]2CCCN(C(=O)[C@H]3C[C@@H]3c3cccc(F)c3)C2)N1. The molecule has 3 aliphatic rings. The van der Waals surface area contributed by atoms with Gasteiger partial charge < -0.3 is 10.2 Å². The molecule has 0 unspecified atom stereocenters. The Labute approximate surface area is 144 Å². The van der Waals surface area contributed by atoms with Crippen LogP contribution in [-0.4, -0.2) is 41.9 Å². The fraction of sp³-hybridized carbons (Fsp3) is 0.500. The Balaban J connectivity index is 1.40. The normalized spacial score (nSPS) is 31.5. The molecule has 0 radical (unpaired) electrons. The topological polar surface area (TPSA) is 78.5 Å². The van der Waals surface area contributed by atoms with Gasteiger partial charge in [-0.25, -0.2) is 9.18 Å². The predicted octanol–water partition coefficient (Wildman–Crippen LogP) is 1.38. The van der Waals surface area contributed by atoms with Gasteiger partial charge in [-0.05, 0) is 42.9 Å². The van der Waals surface area contributed by atoms with E-state index in [1.165, 1.54) is 12.1 Å². The summed E-state index contributed by atoms with van der Waals surface area (Å²) >= 11 is 0. The number of amides is 4. The van der Waals surface area contributed by atoms with Crippen molar-refractivity contribution in [2.24, 2.45) is 11.8 Å². The fourth-order valence-electron chi connectivity index (χ4n) is 4.05. The van der Waals surface area contributed by atoms with Gasteiger partial charge in [0.25, 0.3) is 5.91 Å². The Bertz CT molecular complexity index is 738. The quantitative estimate of drug-likeness (QED) is 0.813. The Morgan fingerprint density at radius 2 is 2.12 bits per heavy atom. The third-order valence-corrected chi connectivity index (χ3v) is 5.43. The molecule has 6 nitrogen and oxygen atoms in total. The Hall–Kier alpha value is -2.44. The maximum Gasteiger partial charge on any atom is 0.322 e. The van der Waals surface area contributed by atoms with Gasteiger partial charge in [0.15, 0.2) is 0 Å². The molecule has 1 aromatic carbocycles. The summed E-state index contributed by atoms with van der Waals surface area (Å²) in [6.07, 6.45) is 2.36. The molecule has 2 aliphatic heterocycles. The molecule has 132 valence electrons. The Morgan fingerprint density at radius 3 is 2.84 bits per heavy atom. The third kappa shape index (κ3) is 3.10. The molecule has 3 fully saturated rings. The first kappa shape index (κ1) is 16.1. The molecule has 7 heteroatoms. The molecule has 0 spiro atoms. The van der Waals surface area contributed by atoms with E-state index in [4.69, 9.17) is 0 Å². The van der Waals surface area contributed by atoms with Crippen LogP contribution in [0.25, 0.3) is 0 Å². The van der Waals surface area contributed by atoms with Crippen LogP contribution in [0.2, 0.25) is 0 Å². The molecule has 1 saturated carbocycles. The van der Waals surface area contributed by atoms with E-state index in [2.05, 4.69) is 10.6 Å². The number of piperidine rings is 1. The zero-order valence-corrected chi connectivity index (χ0v) is 13.7. The lowest BCUT2D eigenvalue weighted by Gasteiger charge is -2.34. The summed E-state index contributed by atoms with van der Waals surface area (Å²) in [5.41, 5.74) is 0.870. The summed E-state index contributed by atoms with van der Waals surface area (Å²) in [6, 6.07) is 5.41. The molecule has 0 bridgehead atoms. The van der Waals surface area contributed by atoms with Crippen molar-refractivity contribution < 1.29 is 18.8 Å². The number of hydrogen-bond acceptors (Lipinski definition) is 3. The summed E-state index contributed by atoms with van der Waals surface area (Å²) in [6.45, 7) is 1.15. The van der Waals surface area contributed by atoms with Gasteiger partial charge in [-0.2, -0.15) is 0 Å². The average molecular weight is 345 g/mol. The molecule has 0 aromatic heterocycles. The lowest BCUT2D eigenvalue weighted by molar-refractivity contribution is -0.135. The van der Waals surface area contributed by atoms with Gasteiger partial charge in [-0.3, -0.25) is 14.9 Å². The predicted molar refractivity (Wildman–Crippen MR) is 87.0 cm³/mol. The van der Waals surface area contributed by atoms with E-state index in [-0.39, 0.29) is 35.4 Å². The second-order valence-corrected chi connectivity index (χ2v) is 7.13. The largest absolute Gasteiger partial charge is 0.342 e. The number of benzene rings is 1. The number of hydrogen-bond donors (Lipinski definition) is 2. The molecule has 1 aliphatic carbocycles. The maximum atomic E-state index is 13.4. The minimum atomic E-state index is -0.554. The van der Waals surface area contributed by atoms with Gasteiger partial charge in [0.2, 0.25) is 5.91 Å². The van der Waals surface area contributed by atoms with Gasteiger partial charge in [0, 0.05) is 24.9 Å². The maximum absolute atomic E-state index is 13.4. The second kappa shape index (κ2) is 6.13. The molecular weight excluding hydrogens is 325 g/mol. The zero-order chi connectivity index (χ0) is 17.6. The standard InChI is InChI=1S/C18H20FN3O3/c19-12-5-1-3-10(7-12)13-8-14(13)17(24)22-6-2-4-11(9-22)15-16(23)21-18(25)20-15/h1,3,5,7,11,13-15H,2,4,6,8-9H2,(H2,20,21,23,25)/t11-,13-,14+,15+/m1/s1. The number of nitrogens with one attached hydrogen (secondary N) is 2. The Morgan fingerprint density at radius 1 is 1.28 bits per heavy atom. The van der Waals surface area contributed by atoms with E-state index in [1.54, 1.807) is 11.0 Å². The highest BCUT2D eigenvalue weighted by Crippen LogP contribution is 2.48. The van der Waals surface area contributed by atoms with Crippen LogP contribution in [0.5, 0.6) is 0 Å². The van der Waals surface area contributed by atoms with E-state index in [0.717, 1.165) is 24.8 Å². The minimum Gasteiger partial charge on any atom is -0.342 e. The van der Waals surface area contributed by atoms with Gasteiger partial charge >= 0.3 is 6.03 Å². The van der Waals surface area contributed by atoms with Crippen LogP contribution in [-0.2, 0) is 9.59 Å². The highest BCUT2D eigenvalue weighted by Gasteiger charge is 2.47. The van der Waals surface area contributed by atoms with Crippen molar-refractivity contribution in [2.75, 3.05) is 13.1 Å². The summed E-state index contributed by atoms with van der Waals surface area (Å²) in [5, 5.41) is 4.89. The third-order valence-electron chi connectivity index (χ3n) is 5.43. The number of likely N-dealkylation sites (tertiary alicyclic amines) is 1. The first-order valence-corrected chi connectivity index (χ1v) is 8.68. The van der Waals surface area contributed by atoms with E-state index < -0.39 is 12.1 Å². The highest BCUT2D eigenvalue weighted by atomic mass is 19.1. The van der Waals surface area contributed by atoms with Gasteiger partial charge in [0.1, 0.15) is 11.9 Å². The van der Waals surface area contributed by atoms with E-state index in [9.17, 15) is 18.8 Å². The minimum absolute atomic E-state index is 0.0597. The Kier molecular flexibility index (Phi) is 3.94. The fourth-order valence-corrected chi connectivity index (χ4v) is 4.05. The second-order valence-electron chi connectivity index (χ2n) is 7.13. The monoisotopic (exact) mass is 345 g/mol. The summed E-state index contributed by atoms with van der Waals surface area (Å²) in [4.78, 5) is 37.7. The molecule has 2 saturated heterocycles. The van der Waals surface area contributed by atoms with Gasteiger partial charge in [0.05, 0.1) is 0 Å². The number of rotatable bonds is 3. The van der Waals surface area contributed by atoms with Crippen molar-refractivity contribution in [3.63, 3.8) is 0 Å². The van der Waals surface area contributed by atoms with Crippen LogP contribution in [0.15, 0.2) is 24.3 Å². The van der Waals surface area contributed by atoms with Crippen LogP contribution in [0.1, 0.15) is 30.7 Å². The number of halogens is 1. The van der Waals surface area contributed by atoms with Crippen molar-refractivity contribution in [1.29, 1.82) is 0 Å². The first-order chi connectivity index (χ1) is 12.0. The summed E-state index contributed by atoms with van der Waals surface area (Å²) in [7, 11) is 0. The van der Waals surface area contributed by atoms with Crippen LogP contribution >= 0.6 is 0 Å². The van der Waals surface area contributed by atoms with Crippen LogP contribution in [0, 0.1) is 17.7 Å². The number of nitrogens with zero attached hydrogens (tertiary/aromatic N) is 1. The van der Waals surface area contributed by atoms with Crippen molar-refractivity contribution >= 4 is 17.8 Å². The molecule has 2 N–H and O–H groups in total.